The van der Waals surface area contributed by atoms with E-state index in [4.69, 9.17) is 31.1 Å². The minimum Gasteiger partial charge on any atom is -0.372 e. The van der Waals surface area contributed by atoms with Gasteiger partial charge in [0, 0.05) is 54.4 Å². The van der Waals surface area contributed by atoms with E-state index < -0.39 is 30.4 Å². The molecule has 10 aromatic rings. The first-order valence-electron chi connectivity index (χ1n) is 25.6. The summed E-state index contributed by atoms with van der Waals surface area (Å²) in [6.07, 6.45) is 0. The van der Waals surface area contributed by atoms with Gasteiger partial charge in [-0.15, -0.1) is 20.5 Å². The molecular formula is C52H50N16O9S8. The predicted octanol–water partition coefficient (Wildman–Crippen LogP) is 13.3. The van der Waals surface area contributed by atoms with Crippen molar-refractivity contribution in [1.82, 2.24) is 32.4 Å². The van der Waals surface area contributed by atoms with Gasteiger partial charge in [-0.25, -0.2) is 0 Å². The number of aryl methyl sites for hydroxylation is 2. The molecule has 0 unspecified atom stereocenters. The molecule has 5 aromatic heterocycles. The van der Waals surface area contributed by atoms with E-state index in [2.05, 4.69) is 52.4 Å². The number of rotatable bonds is 23. The molecule has 10 rings (SSSR count). The highest BCUT2D eigenvalue weighted by molar-refractivity contribution is 7.98. The summed E-state index contributed by atoms with van der Waals surface area (Å²) < 4.78 is 117. The zero-order valence-corrected chi connectivity index (χ0v) is 52.2. The number of nitrogens with two attached hydrogens (primary N) is 1. The Morgan fingerprint density at radius 3 is 1.48 bits per heavy atom. The summed E-state index contributed by atoms with van der Waals surface area (Å²) in [5.74, 6) is 5.45. The molecule has 85 heavy (non-hydrogen) atoms. The first kappa shape index (κ1) is 60.7. The summed E-state index contributed by atoms with van der Waals surface area (Å²) in [6.45, 7) is 14.0. The van der Waals surface area contributed by atoms with Crippen molar-refractivity contribution in [2.75, 3.05) is 46.6 Å². The molecule has 0 amide bonds. The molecule has 5 aromatic carbocycles. The van der Waals surface area contributed by atoms with Crippen LogP contribution in [-0.4, -0.2) is 93.0 Å². The molecule has 0 aliphatic heterocycles. The van der Waals surface area contributed by atoms with E-state index in [1.54, 1.807) is 62.4 Å². The molecule has 5 heterocycles. The average molecular weight is 1300 g/mol. The Hall–Kier alpha value is -7.41. The van der Waals surface area contributed by atoms with Gasteiger partial charge in [0.15, 0.2) is 24.8 Å². The van der Waals surface area contributed by atoms with Crippen molar-refractivity contribution in [3.8, 4) is 22.5 Å². The monoisotopic (exact) mass is 1300 g/mol. The fraction of sp³-hybridized carbons (Fsp3) is 0.212. The number of nitrogens with one attached hydrogen (secondary N) is 2. The van der Waals surface area contributed by atoms with Gasteiger partial charge in [-0.1, -0.05) is 48.2 Å². The minimum atomic E-state index is -4.54. The predicted molar refractivity (Wildman–Crippen MR) is 334 cm³/mol. The number of benzene rings is 5. The summed E-state index contributed by atoms with van der Waals surface area (Å²) in [4.78, 5) is 19.4. The first-order chi connectivity index (χ1) is 40.7. The van der Waals surface area contributed by atoms with Gasteiger partial charge >= 0.3 is 10.1 Å². The van der Waals surface area contributed by atoms with E-state index in [0.717, 1.165) is 57.5 Å². The summed E-state index contributed by atoms with van der Waals surface area (Å²) in [5, 5.41) is 27.7. The molecule has 6 N–H and O–H groups in total. The van der Waals surface area contributed by atoms with Crippen LogP contribution in [0.3, 0.4) is 0 Å². The quantitative estimate of drug-likeness (QED) is 0.0172. The topological polar surface area (TPSA) is 348 Å². The normalized spacial score (nSPS) is 12.3. The summed E-state index contributed by atoms with van der Waals surface area (Å²) >= 11 is 5.58. The number of hydrogen-bond donors (Lipinski definition) is 5. The van der Waals surface area contributed by atoms with Crippen LogP contribution in [0.25, 0.3) is 42.9 Å². The highest BCUT2D eigenvalue weighted by Gasteiger charge is 2.24. The van der Waals surface area contributed by atoms with Crippen molar-refractivity contribution in [2.45, 2.75) is 67.1 Å². The molecule has 0 bridgehead atoms. The van der Waals surface area contributed by atoms with Crippen molar-refractivity contribution in [3.63, 3.8) is 0 Å². The Labute approximate surface area is 508 Å². The Kier molecular flexibility index (Phi) is 18.0. The van der Waals surface area contributed by atoms with Crippen LogP contribution in [0.5, 0.6) is 0 Å². The molecule has 0 radical (unpaired) electrons. The van der Waals surface area contributed by atoms with Gasteiger partial charge in [0.2, 0.25) is 11.9 Å². The summed E-state index contributed by atoms with van der Waals surface area (Å²) in [6, 6.07) is 26.6. The minimum absolute atomic E-state index is 0.0698. The van der Waals surface area contributed by atoms with E-state index in [9.17, 15) is 34.4 Å². The lowest BCUT2D eigenvalue weighted by Gasteiger charge is -2.22. The van der Waals surface area contributed by atoms with Crippen LogP contribution in [0.15, 0.2) is 137 Å². The van der Waals surface area contributed by atoms with Crippen LogP contribution in [0, 0.1) is 13.8 Å². The SMILES string of the molecule is CCN(CC)c1ccc(/N=N/c2snc3snc(-c4ccc(C)c(S(=O)(=O)O)c4)c23)c(Nc2nc(Nc3cc(N(CC)CC)ccc3/N=N/c3snc4snc(-c5ccc(C)c(S(=O)(=O)O)c5)c34)nc(SCc3cccc(S(=O)(=O)ON)c3)n2)c1. The van der Waals surface area contributed by atoms with Crippen molar-refractivity contribution in [3.05, 3.63) is 114 Å². The largest absolute Gasteiger partial charge is 0.372 e. The number of anilines is 6. The first-order valence-corrected chi connectivity index (χ1v) is 34.0. The molecule has 0 spiro atoms. The lowest BCUT2D eigenvalue weighted by molar-refractivity contribution is 0.333. The molecule has 0 aliphatic carbocycles. The van der Waals surface area contributed by atoms with Crippen molar-refractivity contribution in [1.29, 1.82) is 0 Å². The van der Waals surface area contributed by atoms with Crippen LogP contribution < -0.4 is 26.3 Å². The fourth-order valence-electron chi connectivity index (χ4n) is 8.88. The maximum atomic E-state index is 12.6. The van der Waals surface area contributed by atoms with Crippen LogP contribution >= 0.6 is 57.9 Å². The molecular weight excluding hydrogens is 1250 g/mol. The second kappa shape index (κ2) is 25.3. The smallest absolute Gasteiger partial charge is 0.312 e. The number of nitrogens with zero attached hydrogens (tertiary/aromatic N) is 13. The average Bonchev–Trinajstić information content (AvgIpc) is 2.93. The second-order valence-corrected chi connectivity index (χ2v) is 26.8. The highest BCUT2D eigenvalue weighted by atomic mass is 32.2. The van der Waals surface area contributed by atoms with Crippen molar-refractivity contribution < 1.29 is 38.6 Å². The summed E-state index contributed by atoms with van der Waals surface area (Å²) in [7, 11) is -13.3. The molecule has 0 fully saturated rings. The second-order valence-electron chi connectivity index (χ2n) is 18.5. The molecule has 0 aliphatic rings. The zero-order chi connectivity index (χ0) is 60.4. The van der Waals surface area contributed by atoms with Crippen molar-refractivity contribution >= 4 is 165 Å². The molecule has 0 saturated heterocycles. The standard InChI is InChI=1S/C52H50N16O9S8/c1-7-67(8-2)33-18-20-36(59-61-46-42-44(63-81-48(42)65-79-46)31-16-14-28(5)40(23-31)83(69,70)71)38(25-33)54-50-56-51(58-52(57-50)78-27-30-12-11-13-35(22-30)85(75,76)77-53)55-39-26-34(68(9-3)10-4)19-21-37(39)60-62-47-43-45(64-82-49(43)66-80-47)32-17-15-29(6)41(24-32)84(72,73)74/h11-26H,7-10,27,53H2,1-6H3,(H,69,70,71)(H,72,73,74)(H2,54,55,56,57,58)/b61-59+,62-60+. The number of hydrogen-bond acceptors (Lipinski definition) is 28. The Morgan fingerprint density at radius 1 is 0.576 bits per heavy atom. The van der Waals surface area contributed by atoms with Crippen LogP contribution in [-0.2, 0) is 40.4 Å². The molecule has 0 saturated carbocycles. The van der Waals surface area contributed by atoms with E-state index in [1.807, 2.05) is 52.0 Å². The number of thioether (sulfide) groups is 1. The lowest BCUT2D eigenvalue weighted by Crippen LogP contribution is -2.21. The molecule has 25 nitrogen and oxygen atoms in total. The van der Waals surface area contributed by atoms with Gasteiger partial charge in [0.25, 0.3) is 20.2 Å². The molecule has 440 valence electrons. The third-order valence-electron chi connectivity index (χ3n) is 13.2. The van der Waals surface area contributed by atoms with E-state index in [0.29, 0.717) is 119 Å². The Balaban J connectivity index is 1.05. The maximum Gasteiger partial charge on any atom is 0.312 e. The Bertz CT molecular complexity index is 4340. The van der Waals surface area contributed by atoms with E-state index in [1.165, 1.54) is 36.0 Å². The number of azo groups is 2. The molecule has 33 heteroatoms. The van der Waals surface area contributed by atoms with Crippen molar-refractivity contribution in [2.24, 2.45) is 26.4 Å². The Morgan fingerprint density at radius 2 is 1.05 bits per heavy atom. The van der Waals surface area contributed by atoms with Gasteiger partial charge in [0.1, 0.15) is 11.4 Å². The lowest BCUT2D eigenvalue weighted by atomic mass is 10.1. The number of fused-ring (bicyclic) bond motifs is 2. The molecule has 0 atom stereocenters. The highest BCUT2D eigenvalue weighted by Crippen LogP contribution is 2.45. The summed E-state index contributed by atoms with van der Waals surface area (Å²) in [5.41, 5.74) is 6.32. The van der Waals surface area contributed by atoms with Gasteiger partial charge in [0.05, 0.1) is 48.2 Å². The van der Waals surface area contributed by atoms with E-state index in [-0.39, 0.29) is 37.5 Å². The van der Waals surface area contributed by atoms with Gasteiger partial charge in [-0.05, 0) is 165 Å². The maximum absolute atomic E-state index is 12.6. The van der Waals surface area contributed by atoms with Gasteiger partial charge in [-0.3, -0.25) is 9.11 Å². The number of aromatic nitrogens is 7. The van der Waals surface area contributed by atoms with Gasteiger partial charge < -0.3 is 20.4 Å². The van der Waals surface area contributed by atoms with E-state index >= 15 is 0 Å². The fourth-order valence-corrected chi connectivity index (χ4v) is 15.0. The van der Waals surface area contributed by atoms with Crippen LogP contribution in [0.2, 0.25) is 0 Å². The third-order valence-corrected chi connectivity index (χ3v) is 20.4. The van der Waals surface area contributed by atoms with Crippen LogP contribution in [0.4, 0.5) is 56.0 Å². The zero-order valence-electron chi connectivity index (χ0n) is 45.7. The van der Waals surface area contributed by atoms with Crippen LogP contribution in [0.1, 0.15) is 44.4 Å². The van der Waals surface area contributed by atoms with Gasteiger partial charge in [-0.2, -0.15) is 67.9 Å². The third kappa shape index (κ3) is 13.4.